The number of anilines is 1. The quantitative estimate of drug-likeness (QED) is 0.0665. The zero-order valence-corrected chi connectivity index (χ0v) is 37.7. The fraction of sp³-hybridized carbons (Fsp3) is 0.404. The number of pyridine rings is 1. The third-order valence-electron chi connectivity index (χ3n) is 10.8. The Morgan fingerprint density at radius 2 is 1.57 bits per heavy atom. The number of fused-ring (bicyclic) bond motifs is 4. The summed E-state index contributed by atoms with van der Waals surface area (Å²) in [7, 11) is 0. The van der Waals surface area contributed by atoms with Crippen molar-refractivity contribution in [2.45, 2.75) is 96.5 Å². The molecule has 0 amide bonds. The van der Waals surface area contributed by atoms with Crippen LogP contribution in [0.3, 0.4) is 0 Å². The number of carbonyl (C=O) groups is 1. The van der Waals surface area contributed by atoms with Crippen molar-refractivity contribution >= 4 is 40.0 Å². The molecule has 3 aromatic carbocycles. The van der Waals surface area contributed by atoms with Crippen molar-refractivity contribution in [3.63, 3.8) is 0 Å². The third kappa shape index (κ3) is 9.90. The normalized spacial score (nSPS) is 16.5. The Hall–Kier alpha value is -3.25. The summed E-state index contributed by atoms with van der Waals surface area (Å²) in [5.41, 5.74) is 8.30. The molecule has 2 unspecified atom stereocenters. The van der Waals surface area contributed by atoms with Gasteiger partial charge in [0.15, 0.2) is 5.78 Å². The van der Waals surface area contributed by atoms with Gasteiger partial charge in [0.25, 0.3) is 0 Å². The SMILES string of the molecule is CC(C)CN1c2cc(-c3cc(-c4ccccc4)c4c[c]([Ge]([CH3])([CH3])[CH3])ccc4n3)[c-]cc2C2C=CC=CC21.CCC(CC)C(=O)/C=C(\O)C(CC)CC.[Ir]. The molecule has 1 aromatic heterocycles. The number of aliphatic hydroxyl groups excluding tert-OH is 1. The summed E-state index contributed by atoms with van der Waals surface area (Å²) in [5, 5.41) is 11.0. The number of carbonyl (C=O) groups excluding carboxylic acids is 1. The van der Waals surface area contributed by atoms with Crippen molar-refractivity contribution in [3.8, 4) is 22.4 Å². The van der Waals surface area contributed by atoms with Crippen LogP contribution >= 0.6 is 0 Å². The van der Waals surface area contributed by atoms with Gasteiger partial charge in [-0.1, -0.05) is 53.7 Å². The van der Waals surface area contributed by atoms with Gasteiger partial charge >= 0.3 is 199 Å². The minimum Gasteiger partial charge on any atom is -0.512 e. The molecule has 2 aliphatic rings. The van der Waals surface area contributed by atoms with Gasteiger partial charge in [0, 0.05) is 38.0 Å². The molecule has 1 aliphatic carbocycles. The number of ketones is 1. The second kappa shape index (κ2) is 18.9. The molecule has 1 radical (unpaired) electrons. The summed E-state index contributed by atoms with van der Waals surface area (Å²) in [6.45, 7) is 13.7. The molecule has 0 saturated carbocycles. The molecule has 1 N–H and O–H groups in total. The number of rotatable bonds is 12. The van der Waals surface area contributed by atoms with E-state index in [1.54, 1.807) is 0 Å². The van der Waals surface area contributed by atoms with Gasteiger partial charge in [-0.15, -0.1) is 0 Å². The fourth-order valence-electron chi connectivity index (χ4n) is 7.58. The van der Waals surface area contributed by atoms with Crippen molar-refractivity contribution in [3.05, 3.63) is 114 Å². The Labute approximate surface area is 335 Å². The molecule has 4 aromatic rings. The minimum absolute atomic E-state index is 0. The molecule has 2 heterocycles. The van der Waals surface area contributed by atoms with E-state index in [1.807, 2.05) is 27.7 Å². The van der Waals surface area contributed by atoms with E-state index in [0.29, 0.717) is 17.9 Å². The zero-order valence-electron chi connectivity index (χ0n) is 33.2. The second-order valence-corrected chi connectivity index (χ2v) is 26.6. The molecule has 0 saturated heterocycles. The van der Waals surface area contributed by atoms with Crippen LogP contribution in [0.1, 0.15) is 78.7 Å². The third-order valence-corrected chi connectivity index (χ3v) is 15.1. The maximum atomic E-state index is 11.7. The van der Waals surface area contributed by atoms with Crippen molar-refractivity contribution in [1.82, 2.24) is 4.98 Å². The average Bonchev–Trinajstić information content (AvgIpc) is 3.44. The molecule has 283 valence electrons. The van der Waals surface area contributed by atoms with Crippen LogP contribution in [0, 0.1) is 23.8 Å². The van der Waals surface area contributed by atoms with Gasteiger partial charge in [0.05, 0.1) is 5.76 Å². The number of hydrogen-bond acceptors (Lipinski definition) is 4. The summed E-state index contributed by atoms with van der Waals surface area (Å²) >= 11 is -1.99. The first kappa shape index (κ1) is 42.5. The number of aromatic nitrogens is 1. The van der Waals surface area contributed by atoms with Crippen LogP contribution in [0.2, 0.25) is 17.3 Å². The van der Waals surface area contributed by atoms with Crippen molar-refractivity contribution in [2.75, 3.05) is 11.4 Å². The van der Waals surface area contributed by atoms with E-state index in [9.17, 15) is 9.90 Å². The molecule has 4 nitrogen and oxygen atoms in total. The van der Waals surface area contributed by atoms with Gasteiger partial charge in [-0.05, 0) is 25.7 Å². The number of allylic oxidation sites excluding steroid dienone is 4. The van der Waals surface area contributed by atoms with E-state index in [0.717, 1.165) is 49.0 Å². The molecule has 0 spiro atoms. The van der Waals surface area contributed by atoms with Crippen molar-refractivity contribution < 1.29 is 30.0 Å². The summed E-state index contributed by atoms with van der Waals surface area (Å²) in [5.74, 6) is 8.89. The van der Waals surface area contributed by atoms with Gasteiger partial charge in [-0.2, -0.15) is 0 Å². The van der Waals surface area contributed by atoms with Crippen LogP contribution in [0.4, 0.5) is 5.69 Å². The molecular formula is C47H59GeIrN2O2-. The van der Waals surface area contributed by atoms with Crippen LogP contribution in [0.5, 0.6) is 0 Å². The van der Waals surface area contributed by atoms with Crippen LogP contribution in [0.25, 0.3) is 33.3 Å². The van der Waals surface area contributed by atoms with Crippen LogP contribution in [-0.4, -0.2) is 41.7 Å². The Bertz CT molecular complexity index is 1930. The number of nitrogens with zero attached hydrogens (tertiary/aromatic N) is 2. The number of benzene rings is 3. The average molecular weight is 949 g/mol. The summed E-state index contributed by atoms with van der Waals surface area (Å²) < 4.78 is 1.51. The van der Waals surface area contributed by atoms with Crippen LogP contribution in [-0.2, 0) is 24.9 Å². The van der Waals surface area contributed by atoms with Gasteiger partial charge < -0.3 is 5.11 Å². The standard InChI is InChI=1S/C34H35GeN2.C13H24O2.Ir/c1-23(2)22-37-33-14-10-9-13-27(33)28-17-15-25(19-34(28)37)32-21-29(24-11-7-6-8-12-24)30-20-26(35(3,4)5)16-18-31(30)36-32;1-5-10(6-2)12(14)9-13(15)11(7-3)8-4;/h6-14,16-21,23,27,33H,22H2,1-5H3;9-11,14H,5-8H2,1-4H3;/q-1;;/b;12-9-;. The minimum atomic E-state index is -1.99. The molecule has 53 heavy (non-hydrogen) atoms. The Balaban J connectivity index is 0.000000335. The van der Waals surface area contributed by atoms with Crippen LogP contribution < -0.4 is 9.30 Å². The molecule has 6 rings (SSSR count). The predicted octanol–water partition coefficient (Wildman–Crippen LogP) is 11.8. The molecule has 6 heteroatoms. The smallest absolute Gasteiger partial charge is 0.162 e. The molecule has 2 atom stereocenters. The maximum absolute atomic E-state index is 11.7. The van der Waals surface area contributed by atoms with Crippen molar-refractivity contribution in [1.29, 1.82) is 0 Å². The first-order chi connectivity index (χ1) is 24.9. The van der Waals surface area contributed by atoms with E-state index in [2.05, 4.69) is 133 Å². The van der Waals surface area contributed by atoms with E-state index in [1.165, 1.54) is 38.2 Å². The van der Waals surface area contributed by atoms with E-state index >= 15 is 0 Å². The second-order valence-electron chi connectivity index (χ2n) is 15.9. The zero-order chi connectivity index (χ0) is 37.6. The monoisotopic (exact) mass is 950 g/mol. The molecular weight excluding hydrogens is 889 g/mol. The Morgan fingerprint density at radius 3 is 2.19 bits per heavy atom. The topological polar surface area (TPSA) is 53.4 Å². The van der Waals surface area contributed by atoms with Gasteiger partial charge in [0.1, 0.15) is 0 Å². The van der Waals surface area contributed by atoms with E-state index < -0.39 is 13.3 Å². The molecule has 1 aliphatic heterocycles. The Kier molecular flexibility index (Phi) is 15.1. The number of aliphatic hydroxyl groups is 1. The van der Waals surface area contributed by atoms with E-state index in [-0.39, 0.29) is 43.5 Å². The van der Waals surface area contributed by atoms with Gasteiger partial charge in [0.2, 0.25) is 0 Å². The van der Waals surface area contributed by atoms with E-state index in [4.69, 9.17) is 4.98 Å². The fourth-order valence-corrected chi connectivity index (χ4v) is 10.0. The largest absolute Gasteiger partial charge is 0.512 e. The van der Waals surface area contributed by atoms with Crippen molar-refractivity contribution in [2.24, 2.45) is 17.8 Å². The molecule has 0 bridgehead atoms. The maximum Gasteiger partial charge on any atom is 0.162 e. The molecule has 0 fully saturated rings. The van der Waals surface area contributed by atoms with Gasteiger partial charge in [-0.25, -0.2) is 0 Å². The first-order valence-corrected chi connectivity index (χ1v) is 26.9. The van der Waals surface area contributed by atoms with Crippen LogP contribution in [0.15, 0.2) is 103 Å². The Morgan fingerprint density at radius 1 is 0.906 bits per heavy atom. The predicted molar refractivity (Wildman–Crippen MR) is 225 cm³/mol. The summed E-state index contributed by atoms with van der Waals surface area (Å²) in [4.78, 5) is 19.5. The summed E-state index contributed by atoms with van der Waals surface area (Å²) in [6.07, 6.45) is 14.0. The first-order valence-electron chi connectivity index (χ1n) is 19.5. The van der Waals surface area contributed by atoms with Gasteiger partial charge in [-0.3, -0.25) is 4.79 Å². The number of hydrogen-bond donors (Lipinski definition) is 1. The summed E-state index contributed by atoms with van der Waals surface area (Å²) in [6, 6.07) is 28.6.